The molecule has 11 rings (SSSR count). The third-order valence-corrected chi connectivity index (χ3v) is 16.9. The Labute approximate surface area is 413 Å². The minimum atomic E-state index is -4.63. The molecule has 18 nitrogen and oxygen atoms in total. The lowest BCUT2D eigenvalue weighted by Crippen LogP contribution is -2.56. The second-order valence-corrected chi connectivity index (χ2v) is 21.9. The normalized spacial score (nSPS) is 23.9. The van der Waals surface area contributed by atoms with E-state index < -0.39 is 37.5 Å². The van der Waals surface area contributed by atoms with Crippen molar-refractivity contribution >= 4 is 55.4 Å². The zero-order valence-electron chi connectivity index (χ0n) is 40.2. The topological polar surface area (TPSA) is 203 Å². The van der Waals surface area contributed by atoms with Crippen molar-refractivity contribution in [2.75, 3.05) is 87.5 Å². The smallest absolute Gasteiger partial charge is 0.293 e. The van der Waals surface area contributed by atoms with Gasteiger partial charge in [-0.1, -0.05) is 38.1 Å². The van der Waals surface area contributed by atoms with E-state index in [4.69, 9.17) is 28.7 Å². The van der Waals surface area contributed by atoms with Crippen LogP contribution in [0, 0.1) is 15.5 Å². The molecule has 19 heteroatoms. The van der Waals surface area contributed by atoms with E-state index in [-0.39, 0.29) is 41.4 Å². The van der Waals surface area contributed by atoms with Gasteiger partial charge in [0.2, 0.25) is 5.88 Å². The Morgan fingerprint density at radius 1 is 0.930 bits per heavy atom. The number of nitro benzene ring substituents is 1. The van der Waals surface area contributed by atoms with Crippen LogP contribution in [0.15, 0.2) is 83.9 Å². The highest BCUT2D eigenvalue weighted by atomic mass is 32.2. The van der Waals surface area contributed by atoms with Gasteiger partial charge in [0.15, 0.2) is 0 Å². The van der Waals surface area contributed by atoms with Gasteiger partial charge in [0, 0.05) is 68.8 Å². The lowest BCUT2D eigenvalue weighted by molar-refractivity contribution is -0.384. The molecule has 0 unspecified atom stereocenters. The number of anilines is 4. The lowest BCUT2D eigenvalue weighted by Gasteiger charge is -2.56. The third-order valence-electron chi connectivity index (χ3n) is 15.6. The fraction of sp³-hybridized carbons (Fsp3) is 0.500. The molecule has 4 saturated heterocycles. The number of nitrogens with zero attached hydrogens (tertiary/aromatic N) is 5. The molecule has 5 aromatic rings. The highest BCUT2D eigenvalue weighted by Crippen LogP contribution is 2.54. The monoisotopic (exact) mass is 990 g/mol. The van der Waals surface area contributed by atoms with Crippen LogP contribution in [0.4, 0.5) is 28.4 Å². The van der Waals surface area contributed by atoms with Crippen LogP contribution in [0.25, 0.3) is 11.0 Å². The Morgan fingerprint density at radius 2 is 1.75 bits per heavy atom. The number of aromatic amines is 1. The summed E-state index contributed by atoms with van der Waals surface area (Å²) in [7, 11) is -4.63. The van der Waals surface area contributed by atoms with Gasteiger partial charge < -0.3 is 43.8 Å². The summed E-state index contributed by atoms with van der Waals surface area (Å²) >= 11 is 0. The first kappa shape index (κ1) is 47.5. The highest BCUT2D eigenvalue weighted by molar-refractivity contribution is 7.90. The number of sulfonamides is 1. The number of carbonyl (C=O) groups is 1. The number of nitro groups is 1. The van der Waals surface area contributed by atoms with Gasteiger partial charge in [-0.3, -0.25) is 19.8 Å². The van der Waals surface area contributed by atoms with Gasteiger partial charge in [0.25, 0.3) is 21.6 Å². The van der Waals surface area contributed by atoms with E-state index in [0.717, 1.165) is 75.5 Å². The van der Waals surface area contributed by atoms with Crippen LogP contribution < -0.4 is 24.6 Å². The summed E-state index contributed by atoms with van der Waals surface area (Å²) in [6, 6.07) is 22.3. The van der Waals surface area contributed by atoms with Crippen molar-refractivity contribution in [2.24, 2.45) is 5.41 Å². The maximum absolute atomic E-state index is 14.7. The van der Waals surface area contributed by atoms with E-state index in [1.807, 2.05) is 24.3 Å². The number of benzene rings is 3. The average Bonchev–Trinajstić information content (AvgIpc) is 3.69. The van der Waals surface area contributed by atoms with Crippen LogP contribution in [0.1, 0.15) is 85.8 Å². The maximum atomic E-state index is 14.7. The molecule has 7 heterocycles. The molecule has 1 saturated carbocycles. The molecular weight excluding hydrogens is 929 g/mol. The average molecular weight is 991 g/mol. The third kappa shape index (κ3) is 9.43. The first-order valence-electron chi connectivity index (χ1n) is 25.1. The quantitative estimate of drug-likeness (QED) is 0.0822. The number of piperidine rings is 1. The summed E-state index contributed by atoms with van der Waals surface area (Å²) in [6.45, 7) is 10.9. The first-order valence-corrected chi connectivity index (χ1v) is 26.5. The predicted octanol–water partition coefficient (Wildman–Crippen LogP) is 7.44. The number of ether oxygens (including phenoxy) is 5. The second kappa shape index (κ2) is 19.6. The molecular formula is C52H62N8O10S. The van der Waals surface area contributed by atoms with Crippen molar-refractivity contribution in [3.63, 3.8) is 0 Å². The van der Waals surface area contributed by atoms with E-state index in [9.17, 15) is 23.3 Å². The number of aromatic nitrogens is 2. The van der Waals surface area contributed by atoms with E-state index >= 15 is 0 Å². The van der Waals surface area contributed by atoms with E-state index in [1.165, 1.54) is 23.3 Å². The van der Waals surface area contributed by atoms with Gasteiger partial charge in [0.1, 0.15) is 23.1 Å². The summed E-state index contributed by atoms with van der Waals surface area (Å²) in [5, 5.41) is 16.1. The number of pyridine rings is 1. The van der Waals surface area contributed by atoms with Gasteiger partial charge in [-0.05, 0) is 103 Å². The summed E-state index contributed by atoms with van der Waals surface area (Å²) in [5.74, 6) is -0.0936. The largest absolute Gasteiger partial charge is 0.468 e. The van der Waals surface area contributed by atoms with Crippen LogP contribution in [-0.2, 0) is 29.0 Å². The zero-order valence-corrected chi connectivity index (χ0v) is 41.0. The number of carbonyl (C=O) groups excluding carboxylic acids is 1. The molecule has 0 bridgehead atoms. The number of nitrogens with one attached hydrogen (secondary N) is 3. The highest BCUT2D eigenvalue weighted by Gasteiger charge is 2.50. The van der Waals surface area contributed by atoms with Gasteiger partial charge >= 0.3 is 0 Å². The Kier molecular flexibility index (Phi) is 13.1. The molecule has 6 aliphatic rings. The Morgan fingerprint density at radius 3 is 2.55 bits per heavy atom. The number of fused-ring (bicyclic) bond motifs is 3. The SMILES string of the molecule is CC(C)c1ccccc1[C@@H]1COCCCN1C1CC2(CCN(c3ccc(C(=O)NS(=O)(=O)c4ccc(NC[C@H]5COCCO5)c([N+](=O)[O-])c4)c(N4c5cc6cc[nH]c6nc5O[C@H]5COCC[C@@H]54)c3)CC2)C1. The Hall–Kier alpha value is -5.83. The molecule has 4 atom stereocenters. The van der Waals surface area contributed by atoms with Gasteiger partial charge in [-0.15, -0.1) is 0 Å². The number of rotatable bonds is 12. The first-order chi connectivity index (χ1) is 34.4. The Bertz CT molecular complexity index is 2890. The van der Waals surface area contributed by atoms with Crippen molar-refractivity contribution in [3.8, 4) is 5.88 Å². The molecule has 5 aliphatic heterocycles. The molecule has 3 N–H and O–H groups in total. The zero-order chi connectivity index (χ0) is 48.9. The summed E-state index contributed by atoms with van der Waals surface area (Å²) in [5.41, 5.74) is 5.47. The molecule has 2 aromatic heterocycles. The minimum absolute atomic E-state index is 0.109. The molecule has 0 radical (unpaired) electrons. The Balaban J connectivity index is 0.874. The lowest BCUT2D eigenvalue weighted by atomic mass is 9.59. The van der Waals surface area contributed by atoms with Crippen molar-refractivity contribution in [1.82, 2.24) is 19.6 Å². The van der Waals surface area contributed by atoms with Crippen molar-refractivity contribution in [3.05, 3.63) is 106 Å². The van der Waals surface area contributed by atoms with E-state index in [0.29, 0.717) is 80.9 Å². The maximum Gasteiger partial charge on any atom is 0.293 e. The summed E-state index contributed by atoms with van der Waals surface area (Å²) in [4.78, 5) is 41.1. The number of hydrogen-bond donors (Lipinski definition) is 3. The summed E-state index contributed by atoms with van der Waals surface area (Å²) in [6.07, 6.45) is 6.98. The molecule has 71 heavy (non-hydrogen) atoms. The van der Waals surface area contributed by atoms with Crippen molar-refractivity contribution in [2.45, 2.75) is 93.5 Å². The number of hydrogen-bond acceptors (Lipinski definition) is 15. The molecule has 1 amide bonds. The van der Waals surface area contributed by atoms with E-state index in [2.05, 4.69) is 67.8 Å². The minimum Gasteiger partial charge on any atom is -0.468 e. The molecule has 1 spiro atoms. The molecule has 3 aromatic carbocycles. The van der Waals surface area contributed by atoms with Crippen LogP contribution in [0.3, 0.4) is 0 Å². The van der Waals surface area contributed by atoms with Gasteiger partial charge in [0.05, 0.1) is 72.3 Å². The molecule has 1 aliphatic carbocycles. The number of amides is 1. The van der Waals surface area contributed by atoms with Crippen molar-refractivity contribution in [1.29, 1.82) is 0 Å². The van der Waals surface area contributed by atoms with Crippen LogP contribution in [0.5, 0.6) is 5.88 Å². The fourth-order valence-corrected chi connectivity index (χ4v) is 12.8. The fourth-order valence-electron chi connectivity index (χ4n) is 11.8. The summed E-state index contributed by atoms with van der Waals surface area (Å²) < 4.78 is 60.2. The van der Waals surface area contributed by atoms with Crippen LogP contribution in [0.2, 0.25) is 0 Å². The standard InChI is InChI=1S/C52H62N8O10S/c1-33(2)39-6-3-4-7-40(39)47-31-66-20-5-17-58(47)36-27-52(28-36)14-18-57(19-15-52)35-8-10-41(44(25-35)59-43-13-21-67-32-48(43)70-51-46(59)24-34-12-16-53-49(34)55-51)50(61)56-71(64,65)38-9-11-42(45(26-38)60(62)63)54-29-37-30-68-22-23-69-37/h3-4,6-12,16,24-26,33,36-37,43,47-48,54H,5,13-15,17-23,27-32H2,1-2H3,(H,53,55)(H,56,61)/t37-,43-,47-,48-/m0/s1. The van der Waals surface area contributed by atoms with Crippen molar-refractivity contribution < 1.29 is 41.8 Å². The molecule has 5 fully saturated rings. The number of H-pyrrole nitrogens is 1. The van der Waals surface area contributed by atoms with Gasteiger partial charge in [-0.2, -0.15) is 4.98 Å². The van der Waals surface area contributed by atoms with Crippen LogP contribution >= 0.6 is 0 Å². The molecule has 376 valence electrons. The second-order valence-electron chi connectivity index (χ2n) is 20.2. The van der Waals surface area contributed by atoms with Gasteiger partial charge in [-0.25, -0.2) is 13.1 Å². The van der Waals surface area contributed by atoms with E-state index in [1.54, 1.807) is 12.3 Å². The predicted molar refractivity (Wildman–Crippen MR) is 267 cm³/mol. The van der Waals surface area contributed by atoms with Crippen LogP contribution in [-0.4, -0.2) is 131 Å².